The van der Waals surface area contributed by atoms with Gasteiger partial charge in [-0.1, -0.05) is 23.2 Å². The zero-order chi connectivity index (χ0) is 12.3. The molecule has 7 heteroatoms. The molecule has 0 bridgehead atoms. The number of rotatable bonds is 4. The molecule has 1 aromatic rings. The van der Waals surface area contributed by atoms with Crippen LogP contribution in [0.1, 0.15) is 16.8 Å². The van der Waals surface area contributed by atoms with Crippen LogP contribution in [0.4, 0.5) is 0 Å². The molecule has 0 unspecified atom stereocenters. The van der Waals surface area contributed by atoms with Gasteiger partial charge in [0.25, 0.3) is 0 Å². The Morgan fingerprint density at radius 2 is 1.88 bits per heavy atom. The highest BCUT2D eigenvalue weighted by Gasteiger charge is 2.17. The molecule has 0 aliphatic rings. The molecule has 4 nitrogen and oxygen atoms in total. The van der Waals surface area contributed by atoms with Gasteiger partial charge in [-0.2, -0.15) is 0 Å². The zero-order valence-corrected chi connectivity index (χ0v) is 10.9. The first-order chi connectivity index (χ1) is 7.41. The number of carbonyl (C=O) groups excluding carboxylic acids is 1. The molecule has 0 fully saturated rings. The van der Waals surface area contributed by atoms with E-state index in [9.17, 15) is 9.59 Å². The Hall–Kier alpha value is -0.810. The van der Waals surface area contributed by atoms with Crippen molar-refractivity contribution in [1.29, 1.82) is 0 Å². The van der Waals surface area contributed by atoms with Gasteiger partial charge >= 0.3 is 5.97 Å². The molecule has 1 atom stereocenters. The first-order valence-corrected chi connectivity index (χ1v) is 5.14. The molecule has 0 heterocycles. The van der Waals surface area contributed by atoms with Crippen LogP contribution in [0.25, 0.3) is 0 Å². The first-order valence-electron chi connectivity index (χ1n) is 4.38. The second-order valence-corrected chi connectivity index (χ2v) is 4.02. The first kappa shape index (κ1) is 16.2. The van der Waals surface area contributed by atoms with Crippen molar-refractivity contribution in [3.05, 3.63) is 33.8 Å². The number of hydrogen-bond donors (Lipinski definition) is 2. The molecule has 1 aromatic carbocycles. The van der Waals surface area contributed by atoms with Crippen molar-refractivity contribution in [3.8, 4) is 0 Å². The van der Waals surface area contributed by atoms with Crippen LogP contribution in [-0.4, -0.2) is 22.9 Å². The van der Waals surface area contributed by atoms with Crippen molar-refractivity contribution in [2.24, 2.45) is 5.73 Å². The van der Waals surface area contributed by atoms with Crippen molar-refractivity contribution < 1.29 is 14.7 Å². The highest BCUT2D eigenvalue weighted by molar-refractivity contribution is 6.42. The van der Waals surface area contributed by atoms with Crippen LogP contribution in [0, 0.1) is 0 Å². The predicted molar refractivity (Wildman–Crippen MR) is 68.3 cm³/mol. The van der Waals surface area contributed by atoms with Crippen molar-refractivity contribution >= 4 is 47.4 Å². The van der Waals surface area contributed by atoms with Gasteiger partial charge in [0.05, 0.1) is 10.0 Å². The average molecular weight is 299 g/mol. The second-order valence-electron chi connectivity index (χ2n) is 3.20. The van der Waals surface area contributed by atoms with Gasteiger partial charge in [-0.05, 0) is 18.2 Å². The molecule has 0 amide bonds. The number of halogens is 3. The molecule has 0 aromatic heterocycles. The van der Waals surface area contributed by atoms with Gasteiger partial charge in [-0.3, -0.25) is 9.59 Å². The van der Waals surface area contributed by atoms with Gasteiger partial charge in [-0.15, -0.1) is 12.4 Å². The molecule has 0 radical (unpaired) electrons. The van der Waals surface area contributed by atoms with E-state index in [0.29, 0.717) is 10.6 Å². The number of carboxylic acids is 1. The van der Waals surface area contributed by atoms with Gasteiger partial charge in [0.2, 0.25) is 0 Å². The quantitative estimate of drug-likeness (QED) is 0.836. The third-order valence-corrected chi connectivity index (χ3v) is 2.70. The van der Waals surface area contributed by atoms with E-state index >= 15 is 0 Å². The average Bonchev–Trinajstić information content (AvgIpc) is 2.21. The van der Waals surface area contributed by atoms with Gasteiger partial charge in [0, 0.05) is 12.0 Å². The van der Waals surface area contributed by atoms with Crippen molar-refractivity contribution in [2.75, 3.05) is 0 Å². The Bertz CT molecular complexity index is 437. The number of hydrogen-bond acceptors (Lipinski definition) is 3. The summed E-state index contributed by atoms with van der Waals surface area (Å²) >= 11 is 11.4. The number of benzene rings is 1. The van der Waals surface area contributed by atoms with E-state index in [1.54, 1.807) is 0 Å². The molecule has 3 N–H and O–H groups in total. The summed E-state index contributed by atoms with van der Waals surface area (Å²) in [4.78, 5) is 22.0. The smallest absolute Gasteiger partial charge is 0.320 e. The Morgan fingerprint density at radius 1 is 1.29 bits per heavy atom. The fourth-order valence-electron chi connectivity index (χ4n) is 1.07. The van der Waals surface area contributed by atoms with Crippen molar-refractivity contribution in [3.63, 3.8) is 0 Å². The third-order valence-electron chi connectivity index (χ3n) is 1.96. The summed E-state index contributed by atoms with van der Waals surface area (Å²) in [6, 6.07) is 3.14. The molecule has 17 heavy (non-hydrogen) atoms. The highest BCUT2D eigenvalue weighted by atomic mass is 35.5. The molecule has 0 spiro atoms. The number of Topliss-reactive ketones (excluding diaryl/α,β-unsaturated/α-hetero) is 1. The Labute approximate surface area is 114 Å². The third kappa shape index (κ3) is 4.52. The lowest BCUT2D eigenvalue weighted by Gasteiger charge is -2.06. The zero-order valence-electron chi connectivity index (χ0n) is 8.52. The molecule has 0 saturated carbocycles. The molecule has 0 saturated heterocycles. The van der Waals surface area contributed by atoms with Crippen molar-refractivity contribution in [2.45, 2.75) is 12.5 Å². The van der Waals surface area contributed by atoms with Crippen LogP contribution >= 0.6 is 35.6 Å². The Balaban J connectivity index is 0.00000256. The van der Waals surface area contributed by atoms with Gasteiger partial charge in [0.1, 0.15) is 6.04 Å². The molecule has 0 aliphatic carbocycles. The molecule has 1 rings (SSSR count). The van der Waals surface area contributed by atoms with E-state index in [1.165, 1.54) is 18.2 Å². The van der Waals surface area contributed by atoms with Crippen LogP contribution < -0.4 is 5.73 Å². The number of nitrogens with two attached hydrogens (primary N) is 1. The second kappa shape index (κ2) is 6.81. The minimum Gasteiger partial charge on any atom is -0.480 e. The normalized spacial score (nSPS) is 11.5. The van der Waals surface area contributed by atoms with E-state index in [1.807, 2.05) is 0 Å². The maximum atomic E-state index is 11.6. The maximum Gasteiger partial charge on any atom is 0.320 e. The summed E-state index contributed by atoms with van der Waals surface area (Å²) in [5.74, 6) is -1.60. The summed E-state index contributed by atoms with van der Waals surface area (Å²) in [5, 5.41) is 9.13. The number of aliphatic carboxylic acids is 1. The van der Waals surface area contributed by atoms with Crippen LogP contribution in [0.5, 0.6) is 0 Å². The number of carboxylic acid groups (broad SMARTS) is 1. The lowest BCUT2D eigenvalue weighted by molar-refractivity contribution is -0.138. The van der Waals surface area contributed by atoms with Crippen LogP contribution in [-0.2, 0) is 4.79 Å². The van der Waals surface area contributed by atoms with Gasteiger partial charge < -0.3 is 10.8 Å². The molecular formula is C10H10Cl3NO3. The standard InChI is InChI=1S/C10H9Cl2NO3.ClH/c11-6-2-1-5(3-7(6)12)9(14)4-8(13)10(15)16;/h1-3,8H,4,13H2,(H,15,16);1H/t8-;/m1./s1. The van der Waals surface area contributed by atoms with Crippen LogP contribution in [0.3, 0.4) is 0 Å². The molecule has 0 aliphatic heterocycles. The molecule has 94 valence electrons. The lowest BCUT2D eigenvalue weighted by atomic mass is 10.0. The topological polar surface area (TPSA) is 80.4 Å². The largest absolute Gasteiger partial charge is 0.480 e. The van der Waals surface area contributed by atoms with Gasteiger partial charge in [-0.25, -0.2) is 0 Å². The summed E-state index contributed by atoms with van der Waals surface area (Å²) in [6.45, 7) is 0. The Morgan fingerprint density at radius 3 is 2.35 bits per heavy atom. The minimum atomic E-state index is -1.21. The monoisotopic (exact) mass is 297 g/mol. The fraction of sp³-hybridized carbons (Fsp3) is 0.200. The van der Waals surface area contributed by atoms with E-state index in [-0.39, 0.29) is 29.6 Å². The van der Waals surface area contributed by atoms with E-state index in [2.05, 4.69) is 0 Å². The highest BCUT2D eigenvalue weighted by Crippen LogP contribution is 2.23. The maximum absolute atomic E-state index is 11.6. The number of ketones is 1. The number of carbonyl (C=O) groups is 2. The fourth-order valence-corrected chi connectivity index (χ4v) is 1.37. The SMILES string of the molecule is Cl.N[C@H](CC(=O)c1ccc(Cl)c(Cl)c1)C(=O)O. The van der Waals surface area contributed by atoms with E-state index in [0.717, 1.165) is 0 Å². The van der Waals surface area contributed by atoms with Gasteiger partial charge in [0.15, 0.2) is 5.78 Å². The van der Waals surface area contributed by atoms with Crippen LogP contribution in [0.15, 0.2) is 18.2 Å². The van der Waals surface area contributed by atoms with E-state index in [4.69, 9.17) is 34.0 Å². The van der Waals surface area contributed by atoms with Crippen molar-refractivity contribution in [1.82, 2.24) is 0 Å². The summed E-state index contributed by atoms with van der Waals surface area (Å²) < 4.78 is 0. The Kier molecular flexibility index (Phi) is 6.49. The predicted octanol–water partition coefficient (Wildman–Crippen LogP) is 2.40. The summed E-state index contributed by atoms with van der Waals surface area (Å²) in [6.07, 6.45) is -0.271. The van der Waals surface area contributed by atoms with Crippen LogP contribution in [0.2, 0.25) is 10.0 Å². The van der Waals surface area contributed by atoms with E-state index < -0.39 is 12.0 Å². The lowest BCUT2D eigenvalue weighted by Crippen LogP contribution is -2.32. The minimum absolute atomic E-state index is 0. The molecular weight excluding hydrogens is 288 g/mol. The summed E-state index contributed by atoms with van der Waals surface area (Å²) in [5.41, 5.74) is 5.54. The summed E-state index contributed by atoms with van der Waals surface area (Å²) in [7, 11) is 0.